The monoisotopic (exact) mass is 398 g/mol. The number of benzene rings is 1. The molecule has 10 heteroatoms. The molecule has 1 fully saturated rings. The quantitative estimate of drug-likeness (QED) is 0.535. The second-order valence-corrected chi connectivity index (χ2v) is 9.06. The van der Waals surface area contributed by atoms with E-state index < -0.39 is 14.9 Å². The minimum absolute atomic E-state index is 0.0475. The van der Waals surface area contributed by atoms with Crippen LogP contribution in [0.25, 0.3) is 0 Å². The van der Waals surface area contributed by atoms with Crippen molar-refractivity contribution in [1.29, 1.82) is 0 Å². The van der Waals surface area contributed by atoms with Crippen molar-refractivity contribution >= 4 is 27.3 Å². The highest BCUT2D eigenvalue weighted by atomic mass is 32.2. The van der Waals surface area contributed by atoms with Crippen LogP contribution in [0, 0.1) is 16.0 Å². The summed E-state index contributed by atoms with van der Waals surface area (Å²) in [5.41, 5.74) is -0.275. The van der Waals surface area contributed by atoms with Crippen molar-refractivity contribution in [1.82, 2.24) is 9.62 Å². The average Bonchev–Trinajstić information content (AvgIpc) is 2.59. The second-order valence-electron chi connectivity index (χ2n) is 7.12. The van der Waals surface area contributed by atoms with Crippen LogP contribution in [0.15, 0.2) is 23.1 Å². The molecule has 2 N–H and O–H groups in total. The van der Waals surface area contributed by atoms with E-state index in [2.05, 4.69) is 10.6 Å². The van der Waals surface area contributed by atoms with E-state index in [9.17, 15) is 23.3 Å². The fourth-order valence-electron chi connectivity index (χ4n) is 3.03. The first-order chi connectivity index (χ1) is 12.6. The van der Waals surface area contributed by atoms with Gasteiger partial charge in [0.15, 0.2) is 0 Å². The molecule has 1 saturated heterocycles. The van der Waals surface area contributed by atoms with Crippen LogP contribution in [0.5, 0.6) is 0 Å². The van der Waals surface area contributed by atoms with Gasteiger partial charge in [-0.25, -0.2) is 8.42 Å². The number of nitro groups is 1. The third kappa shape index (κ3) is 5.39. The lowest BCUT2D eigenvalue weighted by Crippen LogP contribution is -2.39. The standard InChI is InChI=1S/C17H26N4O5S/c1-12(2)19-17(22)10-18-15-7-6-14(9-16(15)21(23)24)27(25,26)20-8-4-5-13(3)11-20/h6-7,9,12-13,18H,4-5,8,10-11H2,1-3H3,(H,19,22)/t13-/m0/s1. The van der Waals surface area contributed by atoms with Gasteiger partial charge in [-0.1, -0.05) is 6.92 Å². The van der Waals surface area contributed by atoms with E-state index in [1.807, 2.05) is 20.8 Å². The zero-order valence-corrected chi connectivity index (χ0v) is 16.6. The summed E-state index contributed by atoms with van der Waals surface area (Å²) in [6.45, 7) is 6.28. The van der Waals surface area contributed by atoms with E-state index in [1.165, 1.54) is 16.4 Å². The first-order valence-corrected chi connectivity index (χ1v) is 10.4. The van der Waals surface area contributed by atoms with E-state index >= 15 is 0 Å². The average molecular weight is 398 g/mol. The minimum Gasteiger partial charge on any atom is -0.371 e. The van der Waals surface area contributed by atoms with Crippen molar-refractivity contribution in [2.75, 3.05) is 25.0 Å². The van der Waals surface area contributed by atoms with Gasteiger partial charge in [0, 0.05) is 25.2 Å². The zero-order chi connectivity index (χ0) is 20.2. The van der Waals surface area contributed by atoms with E-state index in [1.54, 1.807) is 0 Å². The molecule has 0 unspecified atom stereocenters. The van der Waals surface area contributed by atoms with Gasteiger partial charge in [0.2, 0.25) is 15.9 Å². The van der Waals surface area contributed by atoms with Gasteiger partial charge in [-0.2, -0.15) is 4.31 Å². The second kappa shape index (κ2) is 8.66. The highest BCUT2D eigenvalue weighted by molar-refractivity contribution is 7.89. The molecular formula is C17H26N4O5S. The van der Waals surface area contributed by atoms with Crippen LogP contribution < -0.4 is 10.6 Å². The van der Waals surface area contributed by atoms with Gasteiger partial charge in [0.25, 0.3) is 5.69 Å². The van der Waals surface area contributed by atoms with Gasteiger partial charge in [-0.05, 0) is 44.7 Å². The topological polar surface area (TPSA) is 122 Å². The molecule has 0 aliphatic carbocycles. The number of hydrogen-bond donors (Lipinski definition) is 2. The van der Waals surface area contributed by atoms with Gasteiger partial charge < -0.3 is 10.6 Å². The lowest BCUT2D eigenvalue weighted by Gasteiger charge is -2.30. The molecule has 2 rings (SSSR count). The number of rotatable bonds is 7. The Labute approximate surface area is 159 Å². The molecular weight excluding hydrogens is 372 g/mol. The molecule has 0 bridgehead atoms. The number of nitrogens with zero attached hydrogens (tertiary/aromatic N) is 2. The van der Waals surface area contributed by atoms with Crippen molar-refractivity contribution in [3.05, 3.63) is 28.3 Å². The summed E-state index contributed by atoms with van der Waals surface area (Å²) >= 11 is 0. The third-order valence-electron chi connectivity index (χ3n) is 4.31. The first kappa shape index (κ1) is 21.1. The predicted octanol–water partition coefficient (Wildman–Crippen LogP) is 1.95. The van der Waals surface area contributed by atoms with E-state index in [0.717, 1.165) is 18.9 Å². The van der Waals surface area contributed by atoms with Gasteiger partial charge in [-0.15, -0.1) is 0 Å². The van der Waals surface area contributed by atoms with Crippen molar-refractivity contribution in [3.8, 4) is 0 Å². The Morgan fingerprint density at radius 2 is 2.11 bits per heavy atom. The molecule has 0 aromatic heterocycles. The van der Waals surface area contributed by atoms with Crippen LogP contribution in [-0.2, 0) is 14.8 Å². The van der Waals surface area contributed by atoms with Gasteiger partial charge in [0.05, 0.1) is 16.4 Å². The Kier molecular flexibility index (Phi) is 6.77. The summed E-state index contributed by atoms with van der Waals surface area (Å²) in [5, 5.41) is 16.8. The number of piperidine rings is 1. The Balaban J connectivity index is 2.24. The summed E-state index contributed by atoms with van der Waals surface area (Å²) in [6.07, 6.45) is 1.74. The van der Waals surface area contributed by atoms with Gasteiger partial charge >= 0.3 is 0 Å². The maximum Gasteiger partial charge on any atom is 0.293 e. The van der Waals surface area contributed by atoms with Crippen molar-refractivity contribution < 1.29 is 18.1 Å². The lowest BCUT2D eigenvalue weighted by molar-refractivity contribution is -0.384. The predicted molar refractivity (Wildman–Crippen MR) is 102 cm³/mol. The van der Waals surface area contributed by atoms with Crippen LogP contribution in [-0.4, -0.2) is 49.2 Å². The minimum atomic E-state index is -3.79. The van der Waals surface area contributed by atoms with Crippen LogP contribution in [0.2, 0.25) is 0 Å². The van der Waals surface area contributed by atoms with Crippen LogP contribution >= 0.6 is 0 Å². The Hall–Kier alpha value is -2.20. The fourth-order valence-corrected chi connectivity index (χ4v) is 4.65. The molecule has 1 aliphatic rings. The van der Waals surface area contributed by atoms with Crippen molar-refractivity contribution in [3.63, 3.8) is 0 Å². The van der Waals surface area contributed by atoms with Crippen molar-refractivity contribution in [2.45, 2.75) is 44.6 Å². The Morgan fingerprint density at radius 1 is 1.41 bits per heavy atom. The molecule has 150 valence electrons. The maximum atomic E-state index is 12.8. The summed E-state index contributed by atoms with van der Waals surface area (Å²) in [5.74, 6) is -0.0535. The first-order valence-electron chi connectivity index (χ1n) is 8.93. The largest absolute Gasteiger partial charge is 0.371 e. The number of hydrogen-bond acceptors (Lipinski definition) is 6. The van der Waals surface area contributed by atoms with E-state index in [0.29, 0.717) is 13.1 Å². The Morgan fingerprint density at radius 3 is 2.70 bits per heavy atom. The summed E-state index contributed by atoms with van der Waals surface area (Å²) in [7, 11) is -3.79. The number of carbonyl (C=O) groups is 1. The molecule has 0 spiro atoms. The molecule has 1 amide bonds. The van der Waals surface area contributed by atoms with Crippen LogP contribution in [0.1, 0.15) is 33.6 Å². The SMILES string of the molecule is CC(C)NC(=O)CNc1ccc(S(=O)(=O)N2CCC[C@H](C)C2)cc1[N+](=O)[O-]. The highest BCUT2D eigenvalue weighted by Crippen LogP contribution is 2.30. The van der Waals surface area contributed by atoms with Crippen molar-refractivity contribution in [2.24, 2.45) is 5.92 Å². The molecule has 9 nitrogen and oxygen atoms in total. The van der Waals surface area contributed by atoms with Crippen LogP contribution in [0.4, 0.5) is 11.4 Å². The Bertz CT molecular complexity index is 810. The third-order valence-corrected chi connectivity index (χ3v) is 6.17. The van der Waals surface area contributed by atoms with E-state index in [-0.39, 0.29) is 40.7 Å². The zero-order valence-electron chi connectivity index (χ0n) is 15.8. The number of carbonyl (C=O) groups excluding carboxylic acids is 1. The molecule has 1 aliphatic heterocycles. The van der Waals surface area contributed by atoms with Gasteiger partial charge in [-0.3, -0.25) is 14.9 Å². The smallest absolute Gasteiger partial charge is 0.293 e. The highest BCUT2D eigenvalue weighted by Gasteiger charge is 2.30. The van der Waals surface area contributed by atoms with Crippen LogP contribution in [0.3, 0.4) is 0 Å². The molecule has 27 heavy (non-hydrogen) atoms. The molecule has 0 saturated carbocycles. The molecule has 1 atom stereocenters. The number of nitro benzene ring substituents is 1. The number of sulfonamides is 1. The summed E-state index contributed by atoms with van der Waals surface area (Å²) in [4.78, 5) is 22.4. The fraction of sp³-hybridized carbons (Fsp3) is 0.588. The number of amides is 1. The molecule has 1 aromatic rings. The summed E-state index contributed by atoms with van der Waals surface area (Å²) in [6, 6.07) is 3.68. The molecule has 0 radical (unpaired) electrons. The molecule has 1 heterocycles. The normalized spacial score (nSPS) is 18.3. The van der Waals surface area contributed by atoms with Gasteiger partial charge in [0.1, 0.15) is 5.69 Å². The summed E-state index contributed by atoms with van der Waals surface area (Å²) < 4.78 is 27.0. The number of nitrogens with one attached hydrogen (secondary N) is 2. The number of anilines is 1. The molecule has 1 aromatic carbocycles. The maximum absolute atomic E-state index is 12.8. The lowest BCUT2D eigenvalue weighted by atomic mass is 10.0. The van der Waals surface area contributed by atoms with E-state index in [4.69, 9.17) is 0 Å².